The lowest BCUT2D eigenvalue weighted by molar-refractivity contribution is -0.119. The number of aryl methyl sites for hydroxylation is 1. The zero-order chi connectivity index (χ0) is 18.6. The van der Waals surface area contributed by atoms with Crippen LogP contribution in [0.15, 0.2) is 71.3 Å². The van der Waals surface area contributed by atoms with Gasteiger partial charge in [-0.15, -0.1) is 11.3 Å². The highest BCUT2D eigenvalue weighted by molar-refractivity contribution is 7.99. The number of thioether (sulfide) groups is 1. The number of benzene rings is 2. The number of fused-ring (bicyclic) bond motifs is 1. The van der Waals surface area contributed by atoms with E-state index in [4.69, 9.17) is 0 Å². The van der Waals surface area contributed by atoms with Gasteiger partial charge in [0.1, 0.15) is 11.0 Å². The molecule has 0 bridgehead atoms. The highest BCUT2D eigenvalue weighted by atomic mass is 32.2. The number of amides is 1. The Hall–Kier alpha value is -2.64. The third-order valence-electron chi connectivity index (χ3n) is 4.22. The van der Waals surface area contributed by atoms with E-state index in [0.29, 0.717) is 5.75 Å². The van der Waals surface area contributed by atoms with Gasteiger partial charge in [-0.2, -0.15) is 0 Å². The molecular formula is C20H18N4OS2. The third-order valence-corrected chi connectivity index (χ3v) is 6.09. The lowest BCUT2D eigenvalue weighted by atomic mass is 10.1. The van der Waals surface area contributed by atoms with Crippen LogP contribution in [-0.2, 0) is 11.8 Å². The molecule has 0 aliphatic carbocycles. The van der Waals surface area contributed by atoms with Gasteiger partial charge in [-0.3, -0.25) is 4.79 Å². The number of carbonyl (C=O) groups excluding carboxylic acids is 1. The van der Waals surface area contributed by atoms with Crippen molar-refractivity contribution in [1.29, 1.82) is 0 Å². The summed E-state index contributed by atoms with van der Waals surface area (Å²) in [4.78, 5) is 21.6. The topological polar surface area (TPSA) is 59.8 Å². The Bertz CT molecular complexity index is 1040. The highest BCUT2D eigenvalue weighted by Crippen LogP contribution is 2.25. The number of imidazole rings is 1. The Labute approximate surface area is 165 Å². The van der Waals surface area contributed by atoms with Gasteiger partial charge < -0.3 is 9.88 Å². The number of aromatic nitrogens is 3. The van der Waals surface area contributed by atoms with Crippen molar-refractivity contribution in [3.05, 3.63) is 76.7 Å². The lowest BCUT2D eigenvalue weighted by Crippen LogP contribution is -2.30. The number of carbonyl (C=O) groups is 1. The minimum atomic E-state index is -0.236. The molecule has 0 saturated heterocycles. The van der Waals surface area contributed by atoms with E-state index in [2.05, 4.69) is 15.3 Å². The molecule has 5 nitrogen and oxygen atoms in total. The van der Waals surface area contributed by atoms with Gasteiger partial charge >= 0.3 is 0 Å². The molecule has 0 aliphatic heterocycles. The molecule has 4 rings (SSSR count). The molecule has 1 amide bonds. The Kier molecular flexibility index (Phi) is 5.22. The smallest absolute Gasteiger partial charge is 0.231 e. The highest BCUT2D eigenvalue weighted by Gasteiger charge is 2.19. The van der Waals surface area contributed by atoms with E-state index >= 15 is 0 Å². The summed E-state index contributed by atoms with van der Waals surface area (Å²) in [6, 6.07) is 17.6. The molecule has 1 atom stereocenters. The number of rotatable bonds is 6. The second-order valence-electron chi connectivity index (χ2n) is 6.01. The maximum absolute atomic E-state index is 12.6. The lowest BCUT2D eigenvalue weighted by Gasteiger charge is -2.17. The number of hydrogen-bond donors (Lipinski definition) is 1. The average Bonchev–Trinajstić information content (AvgIpc) is 3.34. The first kappa shape index (κ1) is 17.8. The SMILES string of the molecule is Cn1c(SCC(=O)NC(c2ccccc2)c2nccs2)nc2ccccc21. The summed E-state index contributed by atoms with van der Waals surface area (Å²) in [5.74, 6) is 0.252. The van der Waals surface area contributed by atoms with E-state index in [1.54, 1.807) is 6.20 Å². The number of nitrogens with one attached hydrogen (secondary N) is 1. The van der Waals surface area contributed by atoms with Crippen LogP contribution in [0.4, 0.5) is 0 Å². The van der Waals surface area contributed by atoms with E-state index < -0.39 is 0 Å². The van der Waals surface area contributed by atoms with Gasteiger partial charge in [-0.05, 0) is 17.7 Å². The minimum absolute atomic E-state index is 0.0453. The van der Waals surface area contributed by atoms with Gasteiger partial charge in [0.05, 0.1) is 16.8 Å². The number of nitrogens with zero attached hydrogens (tertiary/aromatic N) is 3. The van der Waals surface area contributed by atoms with E-state index in [-0.39, 0.29) is 11.9 Å². The Morgan fingerprint density at radius 3 is 2.70 bits per heavy atom. The maximum Gasteiger partial charge on any atom is 0.231 e. The third kappa shape index (κ3) is 3.89. The van der Waals surface area contributed by atoms with Gasteiger partial charge in [0.15, 0.2) is 5.16 Å². The van der Waals surface area contributed by atoms with Crippen molar-refractivity contribution in [3.63, 3.8) is 0 Å². The van der Waals surface area contributed by atoms with Gasteiger partial charge in [0.2, 0.25) is 5.91 Å². The van der Waals surface area contributed by atoms with Crippen molar-refractivity contribution < 1.29 is 4.79 Å². The van der Waals surface area contributed by atoms with Crippen LogP contribution >= 0.6 is 23.1 Å². The summed E-state index contributed by atoms with van der Waals surface area (Å²) < 4.78 is 2.02. The van der Waals surface area contributed by atoms with Crippen LogP contribution in [0.1, 0.15) is 16.6 Å². The molecule has 2 heterocycles. The Balaban J connectivity index is 1.48. The van der Waals surface area contributed by atoms with Crippen LogP contribution in [0.5, 0.6) is 0 Å². The van der Waals surface area contributed by atoms with Crippen LogP contribution in [0.25, 0.3) is 11.0 Å². The summed E-state index contributed by atoms with van der Waals surface area (Å²) in [7, 11) is 1.97. The molecule has 0 fully saturated rings. The molecule has 0 radical (unpaired) electrons. The van der Waals surface area contributed by atoms with E-state index in [1.165, 1.54) is 23.1 Å². The molecule has 0 aliphatic rings. The molecule has 136 valence electrons. The summed E-state index contributed by atoms with van der Waals surface area (Å²) in [6.07, 6.45) is 1.76. The predicted octanol–water partition coefficient (Wildman–Crippen LogP) is 4.03. The molecule has 0 spiro atoms. The molecule has 1 unspecified atom stereocenters. The first-order valence-corrected chi connectivity index (χ1v) is 10.4. The summed E-state index contributed by atoms with van der Waals surface area (Å²) in [5.41, 5.74) is 3.02. The Morgan fingerprint density at radius 1 is 1.19 bits per heavy atom. The van der Waals surface area contributed by atoms with Crippen molar-refractivity contribution in [2.75, 3.05) is 5.75 Å². The van der Waals surface area contributed by atoms with Gasteiger partial charge in [-0.1, -0.05) is 54.2 Å². The monoisotopic (exact) mass is 394 g/mol. The summed E-state index contributed by atoms with van der Waals surface area (Å²) in [6.45, 7) is 0. The van der Waals surface area contributed by atoms with Crippen molar-refractivity contribution in [3.8, 4) is 0 Å². The molecule has 1 N–H and O–H groups in total. The van der Waals surface area contributed by atoms with Crippen molar-refractivity contribution in [2.24, 2.45) is 7.05 Å². The number of para-hydroxylation sites is 2. The van der Waals surface area contributed by atoms with E-state index in [1.807, 2.05) is 71.6 Å². The molecule has 0 saturated carbocycles. The Morgan fingerprint density at radius 2 is 1.96 bits per heavy atom. The normalized spacial score (nSPS) is 12.2. The molecule has 2 aromatic carbocycles. The van der Waals surface area contributed by atoms with Crippen molar-refractivity contribution >= 4 is 40.0 Å². The van der Waals surface area contributed by atoms with Gasteiger partial charge in [0.25, 0.3) is 0 Å². The van der Waals surface area contributed by atoms with E-state index in [9.17, 15) is 4.79 Å². The van der Waals surface area contributed by atoms with Crippen LogP contribution in [0, 0.1) is 0 Å². The van der Waals surface area contributed by atoms with Gasteiger partial charge in [0, 0.05) is 18.6 Å². The predicted molar refractivity (Wildman–Crippen MR) is 110 cm³/mol. The zero-order valence-corrected chi connectivity index (χ0v) is 16.3. The fourth-order valence-electron chi connectivity index (χ4n) is 2.90. The van der Waals surface area contributed by atoms with Crippen LogP contribution in [-0.4, -0.2) is 26.2 Å². The average molecular weight is 395 g/mol. The van der Waals surface area contributed by atoms with E-state index in [0.717, 1.165) is 26.8 Å². The quantitative estimate of drug-likeness (QED) is 0.502. The first-order valence-electron chi connectivity index (χ1n) is 8.50. The van der Waals surface area contributed by atoms with Crippen LogP contribution in [0.3, 0.4) is 0 Å². The van der Waals surface area contributed by atoms with Crippen LogP contribution in [0.2, 0.25) is 0 Å². The summed E-state index contributed by atoms with van der Waals surface area (Å²) in [5, 5.41) is 6.74. The first-order chi connectivity index (χ1) is 13.2. The second kappa shape index (κ2) is 7.94. The zero-order valence-electron chi connectivity index (χ0n) is 14.7. The second-order valence-corrected chi connectivity index (χ2v) is 7.88. The van der Waals surface area contributed by atoms with Crippen LogP contribution < -0.4 is 5.32 Å². The molecule has 7 heteroatoms. The minimum Gasteiger partial charge on any atom is -0.342 e. The van der Waals surface area contributed by atoms with Crippen molar-refractivity contribution in [2.45, 2.75) is 11.2 Å². The molecule has 27 heavy (non-hydrogen) atoms. The summed E-state index contributed by atoms with van der Waals surface area (Å²) >= 11 is 2.98. The number of thiazole rings is 1. The standard InChI is InChI=1S/C20H18N4OS2/c1-24-16-10-6-5-9-15(16)22-20(24)27-13-17(25)23-18(19-21-11-12-26-19)14-7-3-2-4-8-14/h2-12,18H,13H2,1H3,(H,23,25). The number of hydrogen-bond acceptors (Lipinski definition) is 5. The molecular weight excluding hydrogens is 376 g/mol. The maximum atomic E-state index is 12.6. The largest absolute Gasteiger partial charge is 0.342 e. The van der Waals surface area contributed by atoms with Crippen molar-refractivity contribution in [1.82, 2.24) is 19.9 Å². The molecule has 4 aromatic rings. The fourth-order valence-corrected chi connectivity index (χ4v) is 4.41. The fraction of sp³-hybridized carbons (Fsp3) is 0.150. The molecule has 2 aromatic heterocycles. The van der Waals surface area contributed by atoms with Gasteiger partial charge in [-0.25, -0.2) is 9.97 Å².